The molecule has 0 bridgehead atoms. The number of hydrogen-bond donors (Lipinski definition) is 0. The van der Waals surface area contributed by atoms with Crippen molar-refractivity contribution in [3.8, 4) is 0 Å². The molecule has 0 N–H and O–H groups in total. The number of carbonyl (C=O) groups excluding carboxylic acids is 1. The molecule has 3 rings (SSSR count). The molecule has 2 aliphatic rings. The lowest BCUT2D eigenvalue weighted by molar-refractivity contribution is -0.144. The number of esters is 1. The summed E-state index contributed by atoms with van der Waals surface area (Å²) in [4.78, 5) is 11.7. The van der Waals surface area contributed by atoms with Crippen LogP contribution in [0.25, 0.3) is 0 Å². The molecule has 106 valence electrons. The van der Waals surface area contributed by atoms with Crippen LogP contribution in [0.4, 0.5) is 0 Å². The van der Waals surface area contributed by atoms with Gasteiger partial charge in [-0.05, 0) is 37.3 Å². The number of hydrogen-bond acceptors (Lipinski definition) is 5. The first-order chi connectivity index (χ1) is 9.79. The molecule has 1 aliphatic carbocycles. The van der Waals surface area contributed by atoms with E-state index >= 15 is 0 Å². The standard InChI is InChI=1S/C15H19N3O2/c1-2-20-14(19)10-18-15-12-8-4-3-6-11(12)7-5-9-13(15)16-17-18/h3-4,6,8,13,15H,2,5,7,9-10H2,1H3/t13-,15-/m1/s1. The molecule has 5 heteroatoms. The number of carbonyl (C=O) groups is 1. The number of benzene rings is 1. The first-order valence-corrected chi connectivity index (χ1v) is 7.20. The average Bonchev–Trinajstić information content (AvgIpc) is 2.73. The van der Waals surface area contributed by atoms with Gasteiger partial charge in [-0.1, -0.05) is 29.5 Å². The zero-order chi connectivity index (χ0) is 13.9. The van der Waals surface area contributed by atoms with Gasteiger partial charge in [0.1, 0.15) is 6.54 Å². The predicted octanol–water partition coefficient (Wildman–Crippen LogP) is 2.68. The Balaban J connectivity index is 1.85. The molecular formula is C15H19N3O2. The van der Waals surface area contributed by atoms with E-state index in [-0.39, 0.29) is 24.6 Å². The van der Waals surface area contributed by atoms with Gasteiger partial charge < -0.3 is 4.74 Å². The van der Waals surface area contributed by atoms with Crippen molar-refractivity contribution in [2.45, 2.75) is 38.3 Å². The monoisotopic (exact) mass is 273 g/mol. The summed E-state index contributed by atoms with van der Waals surface area (Å²) >= 11 is 0. The Hall–Kier alpha value is -1.91. The van der Waals surface area contributed by atoms with Crippen LogP contribution in [0.2, 0.25) is 0 Å². The highest BCUT2D eigenvalue weighted by molar-refractivity contribution is 5.71. The van der Waals surface area contributed by atoms with E-state index in [2.05, 4.69) is 28.5 Å². The minimum absolute atomic E-state index is 0.0816. The highest BCUT2D eigenvalue weighted by atomic mass is 16.5. The van der Waals surface area contributed by atoms with Crippen molar-refractivity contribution in [1.82, 2.24) is 5.01 Å². The van der Waals surface area contributed by atoms with Crippen molar-refractivity contribution >= 4 is 5.97 Å². The van der Waals surface area contributed by atoms with E-state index in [0.29, 0.717) is 6.61 Å². The number of ether oxygens (including phenoxy) is 1. The SMILES string of the molecule is CCOC(=O)CN1N=N[C@@H]2CCCc3ccccc3[C@H]21. The van der Waals surface area contributed by atoms with E-state index in [9.17, 15) is 4.79 Å². The molecule has 0 radical (unpaired) electrons. The molecule has 1 aromatic rings. The molecule has 0 spiro atoms. The van der Waals surface area contributed by atoms with Gasteiger partial charge >= 0.3 is 5.97 Å². The van der Waals surface area contributed by atoms with Crippen molar-refractivity contribution in [2.75, 3.05) is 13.2 Å². The summed E-state index contributed by atoms with van der Waals surface area (Å²) < 4.78 is 5.02. The molecule has 1 aliphatic heterocycles. The fourth-order valence-electron chi connectivity index (χ4n) is 3.05. The maximum absolute atomic E-state index is 11.7. The fraction of sp³-hybridized carbons (Fsp3) is 0.533. The lowest BCUT2D eigenvalue weighted by Crippen LogP contribution is -2.32. The molecule has 0 fully saturated rings. The molecule has 5 nitrogen and oxygen atoms in total. The summed E-state index contributed by atoms with van der Waals surface area (Å²) in [6, 6.07) is 8.65. The van der Waals surface area contributed by atoms with Crippen LogP contribution in [0.3, 0.4) is 0 Å². The van der Waals surface area contributed by atoms with Gasteiger partial charge in [-0.25, -0.2) is 0 Å². The van der Waals surface area contributed by atoms with Gasteiger partial charge in [-0.15, -0.1) is 0 Å². The molecule has 0 unspecified atom stereocenters. The van der Waals surface area contributed by atoms with Crippen molar-refractivity contribution in [3.63, 3.8) is 0 Å². The van der Waals surface area contributed by atoms with Crippen LogP contribution in [-0.2, 0) is 16.0 Å². The second-order valence-corrected chi connectivity index (χ2v) is 5.21. The molecule has 0 saturated carbocycles. The Kier molecular flexibility index (Phi) is 3.67. The lowest BCUT2D eigenvalue weighted by Gasteiger charge is -2.25. The number of aryl methyl sites for hydroxylation is 1. The van der Waals surface area contributed by atoms with Crippen molar-refractivity contribution in [1.29, 1.82) is 0 Å². The molecule has 1 heterocycles. The summed E-state index contributed by atoms with van der Waals surface area (Å²) in [5.41, 5.74) is 2.60. The number of nitrogens with zero attached hydrogens (tertiary/aromatic N) is 3. The summed E-state index contributed by atoms with van der Waals surface area (Å²) in [5.74, 6) is -0.242. The van der Waals surface area contributed by atoms with Gasteiger partial charge in [0.05, 0.1) is 18.7 Å². The van der Waals surface area contributed by atoms with Crippen LogP contribution in [0.5, 0.6) is 0 Å². The third-order valence-corrected chi connectivity index (χ3v) is 3.92. The van der Waals surface area contributed by atoms with E-state index in [1.165, 1.54) is 11.1 Å². The largest absolute Gasteiger partial charge is 0.465 e. The van der Waals surface area contributed by atoms with Gasteiger partial charge in [0.2, 0.25) is 0 Å². The third-order valence-electron chi connectivity index (χ3n) is 3.92. The second-order valence-electron chi connectivity index (χ2n) is 5.21. The minimum Gasteiger partial charge on any atom is -0.465 e. The maximum Gasteiger partial charge on any atom is 0.327 e. The Bertz CT molecular complexity index is 530. The Morgan fingerprint density at radius 3 is 3.15 bits per heavy atom. The van der Waals surface area contributed by atoms with Crippen LogP contribution in [-0.4, -0.2) is 30.2 Å². The van der Waals surface area contributed by atoms with Crippen molar-refractivity contribution in [2.24, 2.45) is 10.3 Å². The number of rotatable bonds is 3. The Labute approximate surface area is 118 Å². The predicted molar refractivity (Wildman–Crippen MR) is 74.1 cm³/mol. The average molecular weight is 273 g/mol. The highest BCUT2D eigenvalue weighted by Gasteiger charge is 2.37. The zero-order valence-corrected chi connectivity index (χ0v) is 11.7. The van der Waals surface area contributed by atoms with Crippen LogP contribution < -0.4 is 0 Å². The van der Waals surface area contributed by atoms with Gasteiger partial charge in [0.15, 0.2) is 0 Å². The minimum atomic E-state index is -0.242. The molecular weight excluding hydrogens is 254 g/mol. The summed E-state index contributed by atoms with van der Waals surface area (Å²) in [5, 5.41) is 10.3. The zero-order valence-electron chi connectivity index (χ0n) is 11.7. The van der Waals surface area contributed by atoms with Crippen molar-refractivity contribution in [3.05, 3.63) is 35.4 Å². The fourth-order valence-corrected chi connectivity index (χ4v) is 3.05. The smallest absolute Gasteiger partial charge is 0.327 e. The molecule has 0 amide bonds. The van der Waals surface area contributed by atoms with Gasteiger partial charge in [-0.3, -0.25) is 9.80 Å². The van der Waals surface area contributed by atoms with E-state index in [1.54, 1.807) is 5.01 Å². The summed E-state index contributed by atoms with van der Waals surface area (Å²) in [7, 11) is 0. The van der Waals surface area contributed by atoms with E-state index in [1.807, 2.05) is 13.0 Å². The topological polar surface area (TPSA) is 54.3 Å². The van der Waals surface area contributed by atoms with Crippen LogP contribution in [0.15, 0.2) is 34.6 Å². The first-order valence-electron chi connectivity index (χ1n) is 7.20. The third kappa shape index (κ3) is 2.40. The Morgan fingerprint density at radius 1 is 1.45 bits per heavy atom. The van der Waals surface area contributed by atoms with Crippen LogP contribution in [0, 0.1) is 0 Å². The molecule has 0 saturated heterocycles. The first kappa shape index (κ1) is 13.1. The second kappa shape index (κ2) is 5.61. The van der Waals surface area contributed by atoms with Crippen LogP contribution >= 0.6 is 0 Å². The van der Waals surface area contributed by atoms with E-state index in [4.69, 9.17) is 4.74 Å². The molecule has 2 atom stereocenters. The molecule has 1 aromatic carbocycles. The van der Waals surface area contributed by atoms with E-state index in [0.717, 1.165) is 19.3 Å². The molecule has 0 aromatic heterocycles. The summed E-state index contributed by atoms with van der Waals surface area (Å²) in [6.45, 7) is 2.38. The van der Waals surface area contributed by atoms with E-state index < -0.39 is 0 Å². The van der Waals surface area contributed by atoms with Gasteiger partial charge in [0.25, 0.3) is 0 Å². The van der Waals surface area contributed by atoms with Crippen LogP contribution in [0.1, 0.15) is 36.9 Å². The Morgan fingerprint density at radius 2 is 2.30 bits per heavy atom. The maximum atomic E-state index is 11.7. The normalized spacial score (nSPS) is 23.9. The van der Waals surface area contributed by atoms with Gasteiger partial charge in [0, 0.05) is 0 Å². The lowest BCUT2D eigenvalue weighted by atomic mass is 9.96. The quantitative estimate of drug-likeness (QED) is 0.796. The number of fused-ring (bicyclic) bond motifs is 3. The summed E-state index contributed by atoms with van der Waals surface area (Å²) in [6.07, 6.45) is 3.21. The van der Waals surface area contributed by atoms with Crippen molar-refractivity contribution < 1.29 is 9.53 Å². The highest BCUT2D eigenvalue weighted by Crippen LogP contribution is 2.39. The van der Waals surface area contributed by atoms with Gasteiger partial charge in [-0.2, -0.15) is 5.11 Å². The molecule has 20 heavy (non-hydrogen) atoms.